The fraction of sp³-hybridized carbons (Fsp3) is 0.217. The Labute approximate surface area is 187 Å². The van der Waals surface area contributed by atoms with Gasteiger partial charge in [-0.2, -0.15) is 0 Å². The lowest BCUT2D eigenvalue weighted by Crippen LogP contribution is -2.25. The summed E-state index contributed by atoms with van der Waals surface area (Å²) in [6.07, 6.45) is 1.85. The highest BCUT2D eigenvalue weighted by molar-refractivity contribution is 7.92. The van der Waals surface area contributed by atoms with Crippen molar-refractivity contribution in [2.24, 2.45) is 0 Å². The van der Waals surface area contributed by atoms with Crippen LogP contribution in [0.15, 0.2) is 72.8 Å². The molecule has 0 spiro atoms. The van der Waals surface area contributed by atoms with Crippen LogP contribution in [0.1, 0.15) is 11.1 Å². The average Bonchev–Trinajstić information content (AvgIpc) is 2.78. The smallest absolute Gasteiger partial charge is 0.273 e. The summed E-state index contributed by atoms with van der Waals surface area (Å²) >= 11 is 0. The summed E-state index contributed by atoms with van der Waals surface area (Å²) in [6, 6.07) is 21.2. The number of rotatable bonds is 10. The summed E-state index contributed by atoms with van der Waals surface area (Å²) in [7, 11) is -2.20. The Morgan fingerprint density at radius 1 is 0.938 bits per heavy atom. The van der Waals surface area contributed by atoms with Gasteiger partial charge in [-0.15, -0.1) is 0 Å². The molecule has 0 fully saturated rings. The Balaban J connectivity index is 1.65. The highest BCUT2D eigenvalue weighted by Crippen LogP contribution is 2.33. The number of nitrogens with zero attached hydrogens (tertiary/aromatic N) is 2. The highest BCUT2D eigenvalue weighted by atomic mass is 32.2. The summed E-state index contributed by atoms with van der Waals surface area (Å²) in [6.45, 7) is 0.658. The van der Waals surface area contributed by atoms with Gasteiger partial charge in [0.2, 0.25) is 10.0 Å². The molecule has 0 atom stereocenters. The molecule has 0 saturated heterocycles. The van der Waals surface area contributed by atoms with E-state index in [1.807, 2.05) is 54.6 Å². The van der Waals surface area contributed by atoms with E-state index >= 15 is 0 Å². The molecule has 0 saturated carbocycles. The van der Waals surface area contributed by atoms with Gasteiger partial charge in [-0.05, 0) is 29.3 Å². The van der Waals surface area contributed by atoms with Gasteiger partial charge in [0.15, 0.2) is 5.75 Å². The van der Waals surface area contributed by atoms with E-state index in [2.05, 4.69) is 0 Å². The van der Waals surface area contributed by atoms with Crippen LogP contribution in [0.3, 0.4) is 0 Å². The normalized spacial score (nSPS) is 11.1. The third kappa shape index (κ3) is 6.21. The van der Waals surface area contributed by atoms with Crippen molar-refractivity contribution >= 4 is 21.4 Å². The Bertz CT molecular complexity index is 1160. The third-order valence-electron chi connectivity index (χ3n) is 4.81. The van der Waals surface area contributed by atoms with Crippen molar-refractivity contribution in [1.29, 1.82) is 0 Å². The van der Waals surface area contributed by atoms with Crippen LogP contribution in [0.4, 0.5) is 11.4 Å². The number of anilines is 1. The lowest BCUT2D eigenvalue weighted by atomic mass is 10.2. The van der Waals surface area contributed by atoms with Gasteiger partial charge in [0.25, 0.3) is 5.69 Å². The van der Waals surface area contributed by atoms with Crippen molar-refractivity contribution in [1.82, 2.24) is 0 Å². The van der Waals surface area contributed by atoms with Crippen molar-refractivity contribution in [2.45, 2.75) is 13.0 Å². The predicted octanol–water partition coefficient (Wildman–Crippen LogP) is 4.19. The fourth-order valence-corrected chi connectivity index (χ4v) is 3.45. The molecule has 0 radical (unpaired) electrons. The zero-order valence-electron chi connectivity index (χ0n) is 17.8. The van der Waals surface area contributed by atoms with Crippen molar-refractivity contribution in [3.8, 4) is 11.5 Å². The van der Waals surface area contributed by atoms with Crippen LogP contribution in [-0.2, 0) is 23.1 Å². The lowest BCUT2D eigenvalue weighted by Gasteiger charge is -2.20. The first-order chi connectivity index (χ1) is 15.2. The van der Waals surface area contributed by atoms with Gasteiger partial charge in [-0.25, -0.2) is 8.42 Å². The van der Waals surface area contributed by atoms with Gasteiger partial charge >= 0.3 is 0 Å². The van der Waals surface area contributed by atoms with E-state index in [0.717, 1.165) is 28.3 Å². The largest absolute Gasteiger partial charge is 0.493 e. The quantitative estimate of drug-likeness (QED) is 0.335. The topological polar surface area (TPSA) is 99.0 Å². The lowest BCUT2D eigenvalue weighted by molar-refractivity contribution is -0.384. The number of hydrogen-bond donors (Lipinski definition) is 0. The molecule has 3 rings (SSSR count). The Morgan fingerprint density at radius 2 is 1.62 bits per heavy atom. The molecular weight excluding hydrogens is 432 g/mol. The maximum atomic E-state index is 11.9. The molecule has 168 valence electrons. The van der Waals surface area contributed by atoms with Crippen LogP contribution in [0, 0.1) is 10.1 Å². The van der Waals surface area contributed by atoms with E-state index in [9.17, 15) is 18.5 Å². The fourth-order valence-electron chi connectivity index (χ4n) is 2.95. The maximum Gasteiger partial charge on any atom is 0.273 e. The molecule has 3 aromatic carbocycles. The molecule has 9 heteroatoms. The number of benzene rings is 3. The van der Waals surface area contributed by atoms with Crippen LogP contribution in [-0.4, -0.2) is 33.3 Å². The molecule has 0 aliphatic rings. The standard InChI is InChI=1S/C23H24N2O6S/c1-24(32(2,28)29)22-13-10-20(25(26)27)16-23(22)31-17-19-8-11-21(12-9-19)30-15-14-18-6-4-3-5-7-18/h3-13,16H,14-15,17H2,1-2H3. The Hall–Kier alpha value is -3.59. The molecular formula is C23H24N2O6S. The SMILES string of the molecule is CN(c1ccc([N+](=O)[O-])cc1OCc1ccc(OCCc2ccccc2)cc1)S(C)(=O)=O. The van der Waals surface area contributed by atoms with Crippen molar-refractivity contribution in [3.05, 3.63) is 94.0 Å². The minimum atomic E-state index is -3.56. The monoisotopic (exact) mass is 456 g/mol. The van der Waals surface area contributed by atoms with E-state index in [4.69, 9.17) is 9.47 Å². The molecule has 0 aromatic heterocycles. The summed E-state index contributed by atoms with van der Waals surface area (Å²) in [5.74, 6) is 0.827. The number of hydrogen-bond acceptors (Lipinski definition) is 6. The third-order valence-corrected chi connectivity index (χ3v) is 6.00. The molecule has 0 bridgehead atoms. The zero-order valence-corrected chi connectivity index (χ0v) is 18.6. The molecule has 0 aliphatic heterocycles. The van der Waals surface area contributed by atoms with E-state index in [-0.39, 0.29) is 23.7 Å². The van der Waals surface area contributed by atoms with E-state index < -0.39 is 14.9 Å². The molecule has 0 N–H and O–H groups in total. The second kappa shape index (κ2) is 10.1. The Morgan fingerprint density at radius 3 is 2.25 bits per heavy atom. The second-order valence-corrected chi connectivity index (χ2v) is 9.17. The van der Waals surface area contributed by atoms with Crippen molar-refractivity contribution in [3.63, 3.8) is 0 Å². The van der Waals surface area contributed by atoms with Crippen molar-refractivity contribution in [2.75, 3.05) is 24.2 Å². The summed E-state index contributed by atoms with van der Waals surface area (Å²) in [4.78, 5) is 10.6. The maximum absolute atomic E-state index is 11.9. The molecule has 0 unspecified atom stereocenters. The number of sulfonamides is 1. The van der Waals surface area contributed by atoms with Gasteiger partial charge in [0.1, 0.15) is 12.4 Å². The number of ether oxygens (including phenoxy) is 2. The molecule has 8 nitrogen and oxygen atoms in total. The number of non-ortho nitro benzene ring substituents is 1. The van der Waals surface area contributed by atoms with Crippen LogP contribution in [0.5, 0.6) is 11.5 Å². The average molecular weight is 457 g/mol. The molecule has 0 heterocycles. The van der Waals surface area contributed by atoms with E-state index in [1.165, 1.54) is 30.8 Å². The first-order valence-electron chi connectivity index (χ1n) is 9.85. The Kier molecular flexibility index (Phi) is 7.32. The number of nitro benzene ring substituents is 1. The van der Waals surface area contributed by atoms with Gasteiger partial charge in [0.05, 0.1) is 29.5 Å². The zero-order chi connectivity index (χ0) is 23.1. The van der Waals surface area contributed by atoms with Crippen molar-refractivity contribution < 1.29 is 22.8 Å². The summed E-state index contributed by atoms with van der Waals surface area (Å²) < 4.78 is 36.4. The van der Waals surface area contributed by atoms with Gasteiger partial charge in [-0.3, -0.25) is 14.4 Å². The first-order valence-corrected chi connectivity index (χ1v) is 11.7. The molecule has 0 aliphatic carbocycles. The van der Waals surface area contributed by atoms with E-state index in [0.29, 0.717) is 6.61 Å². The van der Waals surface area contributed by atoms with Gasteiger partial charge in [0, 0.05) is 19.5 Å². The van der Waals surface area contributed by atoms with Crippen LogP contribution in [0.2, 0.25) is 0 Å². The van der Waals surface area contributed by atoms with Crippen LogP contribution in [0.25, 0.3) is 0 Å². The number of nitro groups is 1. The highest BCUT2D eigenvalue weighted by Gasteiger charge is 2.20. The summed E-state index contributed by atoms with van der Waals surface area (Å²) in [5.41, 5.74) is 2.04. The van der Waals surface area contributed by atoms with Crippen LogP contribution < -0.4 is 13.8 Å². The predicted molar refractivity (Wildman–Crippen MR) is 123 cm³/mol. The minimum Gasteiger partial charge on any atom is -0.493 e. The van der Waals surface area contributed by atoms with Gasteiger partial charge in [-0.1, -0.05) is 42.5 Å². The second-order valence-electron chi connectivity index (χ2n) is 7.16. The van der Waals surface area contributed by atoms with E-state index in [1.54, 1.807) is 0 Å². The van der Waals surface area contributed by atoms with Gasteiger partial charge < -0.3 is 9.47 Å². The minimum absolute atomic E-state index is 0.107. The summed E-state index contributed by atoms with van der Waals surface area (Å²) in [5, 5.41) is 11.1. The molecule has 0 amide bonds. The van der Waals surface area contributed by atoms with Crippen LogP contribution >= 0.6 is 0 Å². The molecule has 3 aromatic rings. The molecule has 32 heavy (non-hydrogen) atoms. The first kappa shape index (κ1) is 23.1.